The summed E-state index contributed by atoms with van der Waals surface area (Å²) in [4.78, 5) is 14.1. The first kappa shape index (κ1) is 28.5. The van der Waals surface area contributed by atoms with E-state index >= 15 is 0 Å². The maximum atomic E-state index is 14.1. The van der Waals surface area contributed by atoms with Crippen LogP contribution in [0.3, 0.4) is 0 Å². The number of esters is 1. The van der Waals surface area contributed by atoms with E-state index < -0.39 is 5.41 Å². The zero-order valence-electron chi connectivity index (χ0n) is 26.3. The van der Waals surface area contributed by atoms with Crippen LogP contribution < -0.4 is 0 Å². The first-order valence-corrected chi connectivity index (χ1v) is 16.3. The van der Waals surface area contributed by atoms with Crippen molar-refractivity contribution in [2.24, 2.45) is 50.2 Å². The van der Waals surface area contributed by atoms with Crippen molar-refractivity contribution in [3.05, 3.63) is 47.5 Å². The predicted octanol–water partition coefficient (Wildman–Crippen LogP) is 8.89. The van der Waals surface area contributed by atoms with Crippen LogP contribution in [0.15, 0.2) is 42.0 Å². The lowest BCUT2D eigenvalue weighted by Gasteiger charge is -2.71. The van der Waals surface area contributed by atoms with E-state index in [0.717, 1.165) is 56.9 Å². The molecule has 0 unspecified atom stereocenters. The van der Waals surface area contributed by atoms with Gasteiger partial charge in [-0.2, -0.15) is 0 Å². The summed E-state index contributed by atoms with van der Waals surface area (Å²) in [6, 6.07) is 10.2. The summed E-state index contributed by atoms with van der Waals surface area (Å²) in [7, 11) is 0. The lowest BCUT2D eigenvalue weighted by atomic mass is 9.33. The molecule has 5 aliphatic carbocycles. The van der Waals surface area contributed by atoms with Crippen molar-refractivity contribution in [3.63, 3.8) is 0 Å². The van der Waals surface area contributed by atoms with Gasteiger partial charge in [-0.1, -0.05) is 90.4 Å². The SMILES string of the molecule is CC1(C)CC[C@]2(C(=O)OCc3ccccc3)CC[C@]3(C)C(=CC[C@@H]4[C@@]5(C)C[C@H](O)CC(C)(C)[C@@H]5CC[C@]43C)[C@@H]2C1. The fourth-order valence-electron chi connectivity index (χ4n) is 11.7. The van der Waals surface area contributed by atoms with Crippen LogP contribution in [0.4, 0.5) is 0 Å². The molecule has 0 aliphatic heterocycles. The van der Waals surface area contributed by atoms with Crippen LogP contribution in [-0.4, -0.2) is 17.2 Å². The van der Waals surface area contributed by atoms with E-state index in [-0.39, 0.29) is 45.1 Å². The van der Waals surface area contributed by atoms with Gasteiger partial charge in [0, 0.05) is 0 Å². The number of hydrogen-bond acceptors (Lipinski definition) is 3. The van der Waals surface area contributed by atoms with Crippen LogP contribution in [0.25, 0.3) is 0 Å². The van der Waals surface area contributed by atoms with Crippen molar-refractivity contribution >= 4 is 5.97 Å². The number of hydrogen-bond donors (Lipinski definition) is 1. The molecule has 40 heavy (non-hydrogen) atoms. The van der Waals surface area contributed by atoms with Gasteiger partial charge in [0.1, 0.15) is 6.61 Å². The Labute approximate surface area is 243 Å². The molecule has 5 aliphatic rings. The number of carbonyl (C=O) groups is 1. The van der Waals surface area contributed by atoms with E-state index in [0.29, 0.717) is 18.4 Å². The number of benzene rings is 1. The van der Waals surface area contributed by atoms with E-state index in [4.69, 9.17) is 4.74 Å². The number of aliphatic hydroxyl groups is 1. The summed E-state index contributed by atoms with van der Waals surface area (Å²) in [6.45, 7) is 17.7. The highest BCUT2D eigenvalue weighted by Crippen LogP contribution is 2.75. The highest BCUT2D eigenvalue weighted by Gasteiger charge is 2.69. The highest BCUT2D eigenvalue weighted by molar-refractivity contribution is 5.79. The Morgan fingerprint density at radius 2 is 1.57 bits per heavy atom. The standard InChI is InChI=1S/C37H54O3/c1-32(2)17-19-37(31(39)40-24-25-11-9-8-10-12-25)20-18-35(6)27(28(37)23-32)13-14-30-34(5)22-26(38)21-33(3,4)29(34)15-16-36(30,35)7/h8-13,26,28-30,38H,14-24H2,1-7H3/t26-,28+,29+,30-,34+,35-,36-,37+/m1/s1. The first-order chi connectivity index (χ1) is 18.7. The van der Waals surface area contributed by atoms with Crippen molar-refractivity contribution in [2.45, 2.75) is 125 Å². The van der Waals surface area contributed by atoms with Gasteiger partial charge < -0.3 is 9.84 Å². The average Bonchev–Trinajstić information content (AvgIpc) is 2.87. The zero-order chi connectivity index (χ0) is 28.8. The summed E-state index contributed by atoms with van der Waals surface area (Å²) >= 11 is 0. The van der Waals surface area contributed by atoms with Crippen molar-refractivity contribution in [1.29, 1.82) is 0 Å². The fourth-order valence-corrected chi connectivity index (χ4v) is 11.7. The Kier molecular flexibility index (Phi) is 6.55. The Morgan fingerprint density at radius 1 is 0.875 bits per heavy atom. The van der Waals surface area contributed by atoms with Gasteiger partial charge in [-0.25, -0.2) is 0 Å². The van der Waals surface area contributed by atoms with Crippen molar-refractivity contribution in [3.8, 4) is 0 Å². The molecule has 0 aromatic heterocycles. The highest BCUT2D eigenvalue weighted by atomic mass is 16.5. The number of allylic oxidation sites excluding steroid dienone is 2. The van der Waals surface area contributed by atoms with Gasteiger partial charge in [0.05, 0.1) is 11.5 Å². The smallest absolute Gasteiger partial charge is 0.313 e. The molecule has 6 rings (SSSR count). The second-order valence-corrected chi connectivity index (χ2v) is 17.0. The Hall–Kier alpha value is -1.61. The minimum atomic E-state index is -0.400. The van der Waals surface area contributed by atoms with Gasteiger partial charge in [0.25, 0.3) is 0 Å². The fraction of sp³-hybridized carbons (Fsp3) is 0.757. The third kappa shape index (κ3) is 4.03. The van der Waals surface area contributed by atoms with E-state index in [2.05, 4.69) is 66.7 Å². The van der Waals surface area contributed by atoms with E-state index in [9.17, 15) is 9.90 Å². The molecule has 1 aromatic rings. The van der Waals surface area contributed by atoms with Crippen LogP contribution >= 0.6 is 0 Å². The van der Waals surface area contributed by atoms with Gasteiger partial charge in [0.15, 0.2) is 0 Å². The molecular formula is C37H54O3. The normalized spacial score (nSPS) is 45.1. The molecule has 1 aromatic carbocycles. The van der Waals surface area contributed by atoms with Crippen LogP contribution in [0.5, 0.6) is 0 Å². The van der Waals surface area contributed by atoms with Crippen molar-refractivity contribution in [1.82, 2.24) is 0 Å². The molecule has 220 valence electrons. The minimum absolute atomic E-state index is 0.0416. The van der Waals surface area contributed by atoms with Crippen molar-refractivity contribution < 1.29 is 14.6 Å². The van der Waals surface area contributed by atoms with E-state index in [1.807, 2.05) is 18.2 Å². The lowest BCUT2D eigenvalue weighted by Crippen LogP contribution is -2.64. The molecule has 0 radical (unpaired) electrons. The average molecular weight is 547 g/mol. The maximum Gasteiger partial charge on any atom is 0.313 e. The van der Waals surface area contributed by atoms with Crippen LogP contribution in [0.1, 0.15) is 118 Å². The molecule has 0 spiro atoms. The summed E-state index contributed by atoms with van der Waals surface area (Å²) in [6.07, 6.45) is 13.0. The van der Waals surface area contributed by atoms with Gasteiger partial charge >= 0.3 is 5.97 Å². The quantitative estimate of drug-likeness (QED) is 0.304. The molecule has 0 saturated heterocycles. The summed E-state index contributed by atoms with van der Waals surface area (Å²) in [5, 5.41) is 11.1. The maximum absolute atomic E-state index is 14.1. The molecule has 0 heterocycles. The number of fused-ring (bicyclic) bond motifs is 7. The van der Waals surface area contributed by atoms with Gasteiger partial charge in [-0.15, -0.1) is 0 Å². The molecule has 3 heteroatoms. The van der Waals surface area contributed by atoms with Gasteiger partial charge in [0.2, 0.25) is 0 Å². The third-order valence-corrected chi connectivity index (χ3v) is 13.9. The summed E-state index contributed by atoms with van der Waals surface area (Å²) in [5.41, 5.74) is 3.06. The molecular weight excluding hydrogens is 492 g/mol. The van der Waals surface area contributed by atoms with E-state index in [1.165, 1.54) is 12.8 Å². The number of ether oxygens (including phenoxy) is 1. The second-order valence-electron chi connectivity index (χ2n) is 17.0. The molecule has 0 amide bonds. The largest absolute Gasteiger partial charge is 0.460 e. The lowest BCUT2D eigenvalue weighted by molar-refractivity contribution is -0.202. The Bertz CT molecular complexity index is 1180. The zero-order valence-corrected chi connectivity index (χ0v) is 26.3. The number of rotatable bonds is 3. The van der Waals surface area contributed by atoms with Crippen molar-refractivity contribution in [2.75, 3.05) is 0 Å². The molecule has 4 fully saturated rings. The molecule has 8 atom stereocenters. The monoisotopic (exact) mass is 546 g/mol. The number of carbonyl (C=O) groups excluding carboxylic acids is 1. The van der Waals surface area contributed by atoms with Crippen LogP contribution in [0.2, 0.25) is 0 Å². The summed E-state index contributed by atoms with van der Waals surface area (Å²) < 4.78 is 6.17. The Morgan fingerprint density at radius 3 is 2.30 bits per heavy atom. The Balaban J connectivity index is 1.37. The van der Waals surface area contributed by atoms with Gasteiger partial charge in [-0.05, 0) is 115 Å². The van der Waals surface area contributed by atoms with Crippen LogP contribution in [0, 0.1) is 50.2 Å². The first-order valence-electron chi connectivity index (χ1n) is 16.3. The van der Waals surface area contributed by atoms with E-state index in [1.54, 1.807) is 5.57 Å². The van der Waals surface area contributed by atoms with Gasteiger partial charge in [-0.3, -0.25) is 4.79 Å². The third-order valence-electron chi connectivity index (χ3n) is 13.9. The molecule has 1 N–H and O–H groups in total. The van der Waals surface area contributed by atoms with Crippen LogP contribution in [-0.2, 0) is 16.1 Å². The summed E-state index contributed by atoms with van der Waals surface area (Å²) in [5.74, 6) is 1.52. The number of aliphatic hydroxyl groups excluding tert-OH is 1. The topological polar surface area (TPSA) is 46.5 Å². The molecule has 0 bridgehead atoms. The molecule has 3 nitrogen and oxygen atoms in total. The molecule has 4 saturated carbocycles. The second kappa shape index (κ2) is 9.19. The predicted molar refractivity (Wildman–Crippen MR) is 161 cm³/mol. The minimum Gasteiger partial charge on any atom is -0.460 e.